The Morgan fingerprint density at radius 1 is 1.00 bits per heavy atom. The molecule has 180 valence electrons. The van der Waals surface area contributed by atoms with Crippen LogP contribution in [-0.4, -0.2) is 46.6 Å². The van der Waals surface area contributed by atoms with Gasteiger partial charge in [0.05, 0.1) is 6.20 Å². The van der Waals surface area contributed by atoms with Gasteiger partial charge in [0.1, 0.15) is 18.1 Å². The Kier molecular flexibility index (Phi) is 6.81. The molecule has 0 spiro atoms. The fourth-order valence-electron chi connectivity index (χ4n) is 4.33. The number of carbonyl (C=O) groups is 1. The first-order valence-electron chi connectivity index (χ1n) is 11.4. The molecule has 7 nitrogen and oxygen atoms in total. The van der Waals surface area contributed by atoms with Crippen molar-refractivity contribution in [2.45, 2.75) is 13.2 Å². The Bertz CT molecular complexity index is 1350. The van der Waals surface area contributed by atoms with Crippen molar-refractivity contribution in [1.29, 1.82) is 0 Å². The minimum Gasteiger partial charge on any atom is -0.445 e. The maximum atomic E-state index is 12.5. The lowest BCUT2D eigenvalue weighted by molar-refractivity contribution is 0.0941. The highest BCUT2D eigenvalue weighted by Gasteiger charge is 2.24. The van der Waals surface area contributed by atoms with Crippen molar-refractivity contribution < 1.29 is 9.53 Å². The fourth-order valence-corrected chi connectivity index (χ4v) is 4.84. The van der Waals surface area contributed by atoms with Gasteiger partial charge in [0, 0.05) is 60.1 Å². The van der Waals surface area contributed by atoms with Gasteiger partial charge in [-0.25, -0.2) is 9.78 Å². The van der Waals surface area contributed by atoms with E-state index >= 15 is 0 Å². The van der Waals surface area contributed by atoms with E-state index in [4.69, 9.17) is 33.7 Å². The number of imidazole rings is 1. The van der Waals surface area contributed by atoms with Gasteiger partial charge in [0.2, 0.25) is 0 Å². The summed E-state index contributed by atoms with van der Waals surface area (Å²) < 4.78 is 7.54. The predicted molar refractivity (Wildman–Crippen MR) is 139 cm³/mol. The number of piperazine rings is 1. The number of hydrogen-bond donors (Lipinski definition) is 1. The van der Waals surface area contributed by atoms with Crippen LogP contribution < -0.4 is 10.6 Å². The number of rotatable bonds is 5. The maximum Gasteiger partial charge on any atom is 0.410 e. The maximum absolute atomic E-state index is 12.5. The van der Waals surface area contributed by atoms with Crippen LogP contribution in [0.5, 0.6) is 0 Å². The van der Waals surface area contributed by atoms with Crippen LogP contribution in [0.3, 0.4) is 0 Å². The van der Waals surface area contributed by atoms with E-state index in [-0.39, 0.29) is 12.7 Å². The summed E-state index contributed by atoms with van der Waals surface area (Å²) in [5, 5.41) is 1.15. The molecule has 2 aromatic heterocycles. The van der Waals surface area contributed by atoms with Gasteiger partial charge in [-0.2, -0.15) is 0 Å². The summed E-state index contributed by atoms with van der Waals surface area (Å²) in [7, 11) is 0. The van der Waals surface area contributed by atoms with Crippen molar-refractivity contribution in [3.63, 3.8) is 0 Å². The molecule has 4 aromatic rings. The first-order chi connectivity index (χ1) is 17.0. The number of amides is 1. The van der Waals surface area contributed by atoms with Gasteiger partial charge >= 0.3 is 6.09 Å². The van der Waals surface area contributed by atoms with Crippen LogP contribution in [0, 0.1) is 0 Å². The Morgan fingerprint density at radius 3 is 2.49 bits per heavy atom. The number of ether oxygens (including phenoxy) is 1. The van der Waals surface area contributed by atoms with Crippen LogP contribution in [0.1, 0.15) is 11.1 Å². The number of pyridine rings is 1. The molecule has 0 unspecified atom stereocenters. The van der Waals surface area contributed by atoms with Crippen LogP contribution in [0.25, 0.3) is 16.8 Å². The van der Waals surface area contributed by atoms with Crippen LogP contribution in [-0.2, 0) is 17.9 Å². The molecular formula is C26H25Cl2N5O2. The van der Waals surface area contributed by atoms with Crippen molar-refractivity contribution in [1.82, 2.24) is 14.3 Å². The van der Waals surface area contributed by atoms with Crippen molar-refractivity contribution in [3.8, 4) is 11.1 Å². The van der Waals surface area contributed by atoms with E-state index in [0.29, 0.717) is 42.8 Å². The average molecular weight is 510 g/mol. The Hall–Kier alpha value is -3.26. The summed E-state index contributed by atoms with van der Waals surface area (Å²) in [4.78, 5) is 21.1. The molecule has 0 bridgehead atoms. The molecule has 0 saturated carbocycles. The van der Waals surface area contributed by atoms with Crippen LogP contribution in [0.4, 0.5) is 10.6 Å². The number of halogens is 2. The number of aromatic nitrogens is 2. The highest BCUT2D eigenvalue weighted by atomic mass is 35.5. The normalized spacial score (nSPS) is 13.9. The fraction of sp³-hybridized carbons (Fsp3) is 0.231. The van der Waals surface area contributed by atoms with E-state index in [1.54, 1.807) is 11.0 Å². The van der Waals surface area contributed by atoms with E-state index in [1.165, 1.54) is 0 Å². The number of anilines is 1. The first kappa shape index (κ1) is 23.5. The second-order valence-corrected chi connectivity index (χ2v) is 9.24. The Labute approximate surface area is 213 Å². The summed E-state index contributed by atoms with van der Waals surface area (Å²) in [6.07, 6.45) is 3.58. The highest BCUT2D eigenvalue weighted by molar-refractivity contribution is 6.36. The zero-order valence-electron chi connectivity index (χ0n) is 19.0. The van der Waals surface area contributed by atoms with Crippen LogP contribution >= 0.6 is 23.2 Å². The molecular weight excluding hydrogens is 485 g/mol. The third-order valence-corrected chi connectivity index (χ3v) is 6.77. The van der Waals surface area contributed by atoms with Gasteiger partial charge in [-0.1, -0.05) is 59.6 Å². The summed E-state index contributed by atoms with van der Waals surface area (Å²) in [6, 6.07) is 17.1. The van der Waals surface area contributed by atoms with Crippen LogP contribution in [0.2, 0.25) is 10.0 Å². The minimum atomic E-state index is -0.293. The van der Waals surface area contributed by atoms with Gasteiger partial charge in [-0.15, -0.1) is 0 Å². The second-order valence-electron chi connectivity index (χ2n) is 8.40. The number of nitrogens with two attached hydrogens (primary N) is 1. The molecule has 2 N–H and O–H groups in total. The quantitative estimate of drug-likeness (QED) is 0.398. The standard InChI is InChI=1S/C26H25Cl2N5O2/c27-20-6-7-21(23(28)13-20)22-16-33-24(12-19(22)14-29)30-15-25(33)31-8-10-32(11-9-31)26(34)35-17-18-4-2-1-3-5-18/h1-7,12-13,15-16H,8-11,14,17,29H2. The molecule has 1 aliphatic rings. The lowest BCUT2D eigenvalue weighted by Gasteiger charge is -2.35. The predicted octanol–water partition coefficient (Wildman–Crippen LogP) is 5.23. The molecule has 1 amide bonds. The smallest absolute Gasteiger partial charge is 0.410 e. The van der Waals surface area contributed by atoms with E-state index in [2.05, 4.69) is 9.88 Å². The van der Waals surface area contributed by atoms with E-state index in [1.807, 2.05) is 65.3 Å². The number of hydrogen-bond acceptors (Lipinski definition) is 5. The first-order valence-corrected chi connectivity index (χ1v) is 12.1. The SMILES string of the molecule is NCc1cc2ncc(N3CCN(C(=O)OCc4ccccc4)CC3)n2cc1-c1ccc(Cl)cc1Cl. The number of nitrogens with zero attached hydrogens (tertiary/aromatic N) is 4. The second kappa shape index (κ2) is 10.2. The molecule has 0 radical (unpaired) electrons. The lowest BCUT2D eigenvalue weighted by Crippen LogP contribution is -2.49. The van der Waals surface area contributed by atoms with Crippen LogP contribution in [0.15, 0.2) is 67.0 Å². The van der Waals surface area contributed by atoms with Gasteiger partial charge < -0.3 is 20.3 Å². The molecule has 0 aliphatic carbocycles. The van der Waals surface area contributed by atoms with E-state index in [0.717, 1.165) is 33.7 Å². The largest absolute Gasteiger partial charge is 0.445 e. The Morgan fingerprint density at radius 2 is 1.77 bits per heavy atom. The molecule has 3 heterocycles. The van der Waals surface area contributed by atoms with Crippen molar-refractivity contribution >= 4 is 40.8 Å². The summed E-state index contributed by atoms with van der Waals surface area (Å²) in [5.74, 6) is 0.951. The molecule has 1 saturated heterocycles. The van der Waals surface area contributed by atoms with Crippen molar-refractivity contribution in [2.75, 3.05) is 31.1 Å². The summed E-state index contributed by atoms with van der Waals surface area (Å²) in [6.45, 7) is 3.10. The van der Waals surface area contributed by atoms with Gasteiger partial charge in [-0.3, -0.25) is 4.40 Å². The molecule has 0 atom stereocenters. The zero-order chi connectivity index (χ0) is 24.4. The van der Waals surface area contributed by atoms with E-state index in [9.17, 15) is 4.79 Å². The average Bonchev–Trinajstić information content (AvgIpc) is 3.30. The topological polar surface area (TPSA) is 76.1 Å². The third-order valence-electron chi connectivity index (χ3n) is 6.22. The lowest BCUT2D eigenvalue weighted by atomic mass is 10.0. The van der Waals surface area contributed by atoms with E-state index < -0.39 is 0 Å². The highest BCUT2D eigenvalue weighted by Crippen LogP contribution is 2.34. The van der Waals surface area contributed by atoms with Gasteiger partial charge in [0.25, 0.3) is 0 Å². The van der Waals surface area contributed by atoms with Gasteiger partial charge in [-0.05, 0) is 29.3 Å². The third kappa shape index (κ3) is 4.93. The molecule has 5 rings (SSSR count). The van der Waals surface area contributed by atoms with Gasteiger partial charge in [0.15, 0.2) is 0 Å². The monoisotopic (exact) mass is 509 g/mol. The molecule has 9 heteroatoms. The zero-order valence-corrected chi connectivity index (χ0v) is 20.5. The van der Waals surface area contributed by atoms with Crippen molar-refractivity contribution in [2.24, 2.45) is 5.73 Å². The summed E-state index contributed by atoms with van der Waals surface area (Å²) in [5.41, 5.74) is 10.6. The molecule has 1 aliphatic heterocycles. The number of fused-ring (bicyclic) bond motifs is 1. The molecule has 1 fully saturated rings. The van der Waals surface area contributed by atoms with Crippen molar-refractivity contribution in [3.05, 3.63) is 88.2 Å². The Balaban J connectivity index is 1.33. The minimum absolute atomic E-state index is 0.270. The molecule has 2 aromatic carbocycles. The number of benzene rings is 2. The number of carbonyl (C=O) groups excluding carboxylic acids is 1. The molecule has 35 heavy (non-hydrogen) atoms. The summed E-state index contributed by atoms with van der Waals surface area (Å²) >= 11 is 12.6.